The molecule has 1 aromatic heterocycles. The van der Waals surface area contributed by atoms with Crippen LogP contribution in [0.4, 0.5) is 0 Å². The van der Waals surface area contributed by atoms with E-state index in [2.05, 4.69) is 43.7 Å². The Kier molecular flexibility index (Phi) is 3.50. The second kappa shape index (κ2) is 5.07. The molecule has 5 heteroatoms. The number of allylic oxidation sites excluding steroid dienone is 1. The molecule has 0 bridgehead atoms. The van der Waals surface area contributed by atoms with Crippen LogP contribution in [0.5, 0.6) is 0 Å². The zero-order valence-corrected chi connectivity index (χ0v) is 13.0. The van der Waals surface area contributed by atoms with E-state index in [1.165, 1.54) is 0 Å². The van der Waals surface area contributed by atoms with Crippen LogP contribution in [-0.2, 0) is 9.31 Å². The highest BCUT2D eigenvalue weighted by atomic mass is 16.7. The Morgan fingerprint density at radius 1 is 1.14 bits per heavy atom. The van der Waals surface area contributed by atoms with Gasteiger partial charge in [0, 0.05) is 18.2 Å². The van der Waals surface area contributed by atoms with Crippen molar-refractivity contribution in [1.82, 2.24) is 4.98 Å². The number of hydrogen-bond acceptors (Lipinski definition) is 4. The Hall–Kier alpha value is -1.46. The van der Waals surface area contributed by atoms with Crippen molar-refractivity contribution < 1.29 is 9.31 Å². The van der Waals surface area contributed by atoms with Crippen molar-refractivity contribution in [2.45, 2.75) is 51.1 Å². The second-order valence-corrected chi connectivity index (χ2v) is 6.61. The van der Waals surface area contributed by atoms with E-state index in [4.69, 9.17) is 9.31 Å². The molecule has 2 aliphatic heterocycles. The smallest absolute Gasteiger partial charge is 0.403 e. The highest BCUT2D eigenvalue weighted by molar-refractivity contribution is 6.51. The fourth-order valence-corrected chi connectivity index (χ4v) is 2.47. The fourth-order valence-electron chi connectivity index (χ4n) is 2.47. The first-order chi connectivity index (χ1) is 9.89. The molecular formula is C16H21BN2O2. The Morgan fingerprint density at radius 3 is 2.38 bits per heavy atom. The van der Waals surface area contributed by atoms with Crippen LogP contribution in [0.25, 0.3) is 5.70 Å². The van der Waals surface area contributed by atoms with Crippen molar-refractivity contribution in [3.8, 4) is 0 Å². The Labute approximate surface area is 126 Å². The topological polar surface area (TPSA) is 43.7 Å². The molecular weight excluding hydrogens is 263 g/mol. The summed E-state index contributed by atoms with van der Waals surface area (Å²) in [5.41, 5.74) is 1.23. The lowest BCUT2D eigenvalue weighted by Gasteiger charge is -2.32. The third-order valence-electron chi connectivity index (χ3n) is 4.54. The summed E-state index contributed by atoms with van der Waals surface area (Å²) in [6.07, 6.45) is 6.68. The highest BCUT2D eigenvalue weighted by Gasteiger charge is 2.53. The molecule has 0 aromatic carbocycles. The van der Waals surface area contributed by atoms with E-state index in [1.807, 2.05) is 24.4 Å². The van der Waals surface area contributed by atoms with Gasteiger partial charge >= 0.3 is 7.12 Å². The zero-order valence-electron chi connectivity index (χ0n) is 13.0. The molecule has 3 heterocycles. The van der Waals surface area contributed by atoms with Gasteiger partial charge in [-0.2, -0.15) is 0 Å². The van der Waals surface area contributed by atoms with Gasteiger partial charge in [0.15, 0.2) is 0 Å². The minimum Gasteiger partial charge on any atom is -0.403 e. The molecule has 0 saturated carbocycles. The summed E-state index contributed by atoms with van der Waals surface area (Å²) < 4.78 is 12.2. The van der Waals surface area contributed by atoms with E-state index >= 15 is 0 Å². The molecule has 1 aromatic rings. The summed E-state index contributed by atoms with van der Waals surface area (Å²) in [6, 6.07) is 5.85. The first kappa shape index (κ1) is 14.5. The van der Waals surface area contributed by atoms with Gasteiger partial charge in [-0.1, -0.05) is 12.1 Å². The average Bonchev–Trinajstić information content (AvgIpc) is 2.69. The van der Waals surface area contributed by atoms with Gasteiger partial charge in [-0.25, -0.2) is 0 Å². The second-order valence-electron chi connectivity index (χ2n) is 6.61. The van der Waals surface area contributed by atoms with Crippen molar-refractivity contribution >= 4 is 19.0 Å². The molecule has 1 fully saturated rings. The first-order valence-corrected chi connectivity index (χ1v) is 7.40. The van der Waals surface area contributed by atoms with Crippen LogP contribution in [0.2, 0.25) is 5.82 Å². The predicted octanol–water partition coefficient (Wildman–Crippen LogP) is 3.36. The van der Waals surface area contributed by atoms with E-state index in [1.54, 1.807) is 6.20 Å². The highest BCUT2D eigenvalue weighted by Crippen LogP contribution is 2.41. The third kappa shape index (κ3) is 2.68. The standard InChI is InChI=1S/C16H21BN2O2/c1-15(2)16(3,4)21-17(20-15)12-8-9-14(19-11-12)13-7-5-6-10-18-13/h5-7,9-12H,8H2,1-4H3. The van der Waals surface area contributed by atoms with Gasteiger partial charge in [-0.05, 0) is 46.2 Å². The van der Waals surface area contributed by atoms with Crippen LogP contribution in [0.3, 0.4) is 0 Å². The van der Waals surface area contributed by atoms with Gasteiger partial charge < -0.3 is 9.31 Å². The fraction of sp³-hybridized carbons (Fsp3) is 0.500. The molecule has 21 heavy (non-hydrogen) atoms. The van der Waals surface area contributed by atoms with Crippen molar-refractivity contribution in [3.63, 3.8) is 0 Å². The van der Waals surface area contributed by atoms with E-state index in [9.17, 15) is 0 Å². The summed E-state index contributed by atoms with van der Waals surface area (Å²) in [5.74, 6) is 0.151. The van der Waals surface area contributed by atoms with E-state index in [0.717, 1.165) is 17.8 Å². The molecule has 3 rings (SSSR count). The Balaban J connectivity index is 1.70. The Bertz CT molecular complexity index is 565. The predicted molar refractivity (Wildman–Crippen MR) is 85.2 cm³/mol. The molecule has 2 aliphatic rings. The van der Waals surface area contributed by atoms with Gasteiger partial charge in [-0.3, -0.25) is 9.98 Å². The van der Waals surface area contributed by atoms with Crippen LogP contribution >= 0.6 is 0 Å². The molecule has 0 aliphatic carbocycles. The number of hydrogen-bond donors (Lipinski definition) is 0. The van der Waals surface area contributed by atoms with E-state index < -0.39 is 0 Å². The first-order valence-electron chi connectivity index (χ1n) is 7.40. The van der Waals surface area contributed by atoms with Crippen molar-refractivity contribution in [1.29, 1.82) is 0 Å². The van der Waals surface area contributed by atoms with Gasteiger partial charge in [0.05, 0.1) is 22.6 Å². The maximum atomic E-state index is 6.09. The van der Waals surface area contributed by atoms with Crippen LogP contribution in [-0.4, -0.2) is 29.5 Å². The molecule has 1 saturated heterocycles. The SMILES string of the molecule is CC1(C)OB(C2C=NC(c3ccccn3)=CC2)OC1(C)C. The van der Waals surface area contributed by atoms with Crippen LogP contribution in [0.1, 0.15) is 39.8 Å². The van der Waals surface area contributed by atoms with E-state index in [-0.39, 0.29) is 24.1 Å². The molecule has 1 unspecified atom stereocenters. The molecule has 110 valence electrons. The maximum absolute atomic E-state index is 6.09. The van der Waals surface area contributed by atoms with Crippen LogP contribution in [0, 0.1) is 0 Å². The van der Waals surface area contributed by atoms with Gasteiger partial charge in [0.25, 0.3) is 0 Å². The van der Waals surface area contributed by atoms with Crippen molar-refractivity contribution in [3.05, 3.63) is 36.2 Å². The quantitative estimate of drug-likeness (QED) is 0.782. The van der Waals surface area contributed by atoms with Gasteiger partial charge in [-0.15, -0.1) is 0 Å². The maximum Gasteiger partial charge on any atom is 0.467 e. The van der Waals surface area contributed by atoms with Crippen molar-refractivity contribution in [2.75, 3.05) is 0 Å². The normalized spacial score (nSPS) is 26.8. The van der Waals surface area contributed by atoms with Gasteiger partial charge in [0.1, 0.15) is 0 Å². The summed E-state index contributed by atoms with van der Waals surface area (Å²) >= 11 is 0. The largest absolute Gasteiger partial charge is 0.467 e. The number of rotatable bonds is 2. The third-order valence-corrected chi connectivity index (χ3v) is 4.54. The molecule has 0 N–H and O–H groups in total. The zero-order chi connectivity index (χ0) is 15.1. The molecule has 1 atom stereocenters. The van der Waals surface area contributed by atoms with E-state index in [0.29, 0.717) is 0 Å². The number of nitrogens with zero attached hydrogens (tertiary/aromatic N) is 2. The van der Waals surface area contributed by atoms with Crippen molar-refractivity contribution in [2.24, 2.45) is 4.99 Å². The lowest BCUT2D eigenvalue weighted by molar-refractivity contribution is 0.00578. The average molecular weight is 284 g/mol. The molecule has 0 spiro atoms. The lowest BCUT2D eigenvalue weighted by atomic mass is 9.70. The van der Waals surface area contributed by atoms with Crippen LogP contribution < -0.4 is 0 Å². The monoisotopic (exact) mass is 284 g/mol. The molecule has 4 nitrogen and oxygen atoms in total. The number of pyridine rings is 1. The number of aliphatic imine (C=N–C) groups is 1. The lowest BCUT2D eigenvalue weighted by Crippen LogP contribution is -2.41. The van der Waals surface area contributed by atoms with Gasteiger partial charge in [0.2, 0.25) is 0 Å². The summed E-state index contributed by atoms with van der Waals surface area (Å²) in [7, 11) is -0.236. The molecule has 0 radical (unpaired) electrons. The minimum absolute atomic E-state index is 0.151. The number of aromatic nitrogens is 1. The van der Waals surface area contributed by atoms with Crippen LogP contribution in [0.15, 0.2) is 35.5 Å². The Morgan fingerprint density at radius 2 is 1.86 bits per heavy atom. The minimum atomic E-state index is -0.295. The summed E-state index contributed by atoms with van der Waals surface area (Å²) in [6.45, 7) is 8.29. The summed E-state index contributed by atoms with van der Waals surface area (Å²) in [5, 5.41) is 0. The molecule has 0 amide bonds. The summed E-state index contributed by atoms with van der Waals surface area (Å²) in [4.78, 5) is 8.86.